The average Bonchev–Trinajstić information content (AvgIpc) is 3.25. The molecule has 0 spiro atoms. The van der Waals surface area contributed by atoms with Crippen LogP contribution in [-0.4, -0.2) is 22.6 Å². The van der Waals surface area contributed by atoms with E-state index in [0.29, 0.717) is 0 Å². The molecule has 1 aliphatic heterocycles. The van der Waals surface area contributed by atoms with Crippen LogP contribution in [0.4, 0.5) is 0 Å². The molecule has 1 aliphatic rings. The highest BCUT2D eigenvalue weighted by Gasteiger charge is 2.27. The van der Waals surface area contributed by atoms with Crippen LogP contribution in [0.15, 0.2) is 71.5 Å². The molecular weight excluding hydrogens is 376 g/mol. The summed E-state index contributed by atoms with van der Waals surface area (Å²) in [6, 6.07) is 19.2. The normalized spacial score (nSPS) is 17.9. The van der Waals surface area contributed by atoms with E-state index in [1.807, 2.05) is 0 Å². The SMILES string of the molecule is Cc1cccc(CN2CCO[C@@H]2c2ccn(-c3ccc(Br)cc3)c2)c1. The predicted molar refractivity (Wildman–Crippen MR) is 104 cm³/mol. The van der Waals surface area contributed by atoms with E-state index in [1.54, 1.807) is 0 Å². The van der Waals surface area contributed by atoms with Gasteiger partial charge < -0.3 is 9.30 Å². The fourth-order valence-electron chi connectivity index (χ4n) is 3.35. The van der Waals surface area contributed by atoms with Crippen LogP contribution in [0, 0.1) is 6.92 Å². The zero-order chi connectivity index (χ0) is 17.2. The van der Waals surface area contributed by atoms with Crippen LogP contribution >= 0.6 is 15.9 Å². The van der Waals surface area contributed by atoms with E-state index >= 15 is 0 Å². The number of rotatable bonds is 4. The maximum Gasteiger partial charge on any atom is 0.138 e. The lowest BCUT2D eigenvalue weighted by atomic mass is 10.1. The lowest BCUT2D eigenvalue weighted by Gasteiger charge is -2.22. The molecule has 128 valence electrons. The van der Waals surface area contributed by atoms with E-state index in [4.69, 9.17) is 4.74 Å². The van der Waals surface area contributed by atoms with Gasteiger partial charge in [0.05, 0.1) is 6.61 Å². The van der Waals surface area contributed by atoms with Crippen molar-refractivity contribution in [1.82, 2.24) is 9.47 Å². The van der Waals surface area contributed by atoms with Crippen molar-refractivity contribution in [3.63, 3.8) is 0 Å². The lowest BCUT2D eigenvalue weighted by Crippen LogP contribution is -2.23. The number of aryl methyl sites for hydroxylation is 1. The van der Waals surface area contributed by atoms with Gasteiger partial charge in [-0.3, -0.25) is 4.90 Å². The molecular formula is C21H21BrN2O. The molecule has 4 rings (SSSR count). The zero-order valence-electron chi connectivity index (χ0n) is 14.2. The van der Waals surface area contributed by atoms with E-state index in [1.165, 1.54) is 16.7 Å². The van der Waals surface area contributed by atoms with Gasteiger partial charge in [-0.1, -0.05) is 45.8 Å². The van der Waals surface area contributed by atoms with Crippen molar-refractivity contribution in [3.05, 3.63) is 88.2 Å². The molecule has 2 heterocycles. The molecule has 0 saturated carbocycles. The van der Waals surface area contributed by atoms with Gasteiger partial charge >= 0.3 is 0 Å². The third-order valence-electron chi connectivity index (χ3n) is 4.58. The highest BCUT2D eigenvalue weighted by molar-refractivity contribution is 9.10. The number of aromatic nitrogens is 1. The van der Waals surface area contributed by atoms with E-state index < -0.39 is 0 Å². The fourth-order valence-corrected chi connectivity index (χ4v) is 3.62. The van der Waals surface area contributed by atoms with Gasteiger partial charge in [0, 0.05) is 41.2 Å². The summed E-state index contributed by atoms with van der Waals surface area (Å²) < 4.78 is 9.26. The van der Waals surface area contributed by atoms with Crippen LogP contribution in [0.3, 0.4) is 0 Å². The lowest BCUT2D eigenvalue weighted by molar-refractivity contribution is 0.0288. The third-order valence-corrected chi connectivity index (χ3v) is 5.11. The molecule has 3 aromatic rings. The van der Waals surface area contributed by atoms with Crippen LogP contribution in [-0.2, 0) is 11.3 Å². The summed E-state index contributed by atoms with van der Waals surface area (Å²) in [5.74, 6) is 0. The first-order valence-corrected chi connectivity index (χ1v) is 9.33. The van der Waals surface area contributed by atoms with Gasteiger partial charge in [0.25, 0.3) is 0 Å². The Balaban J connectivity index is 1.53. The van der Waals surface area contributed by atoms with Crippen molar-refractivity contribution in [2.24, 2.45) is 0 Å². The molecule has 1 fully saturated rings. The number of hydrogen-bond donors (Lipinski definition) is 0. The van der Waals surface area contributed by atoms with Crippen molar-refractivity contribution >= 4 is 15.9 Å². The quantitative estimate of drug-likeness (QED) is 0.611. The summed E-state index contributed by atoms with van der Waals surface area (Å²) >= 11 is 3.49. The molecule has 1 saturated heterocycles. The Morgan fingerprint density at radius 2 is 1.96 bits per heavy atom. The monoisotopic (exact) mass is 396 g/mol. The van der Waals surface area contributed by atoms with Crippen LogP contribution in [0.25, 0.3) is 5.69 Å². The molecule has 0 radical (unpaired) electrons. The van der Waals surface area contributed by atoms with E-state index in [9.17, 15) is 0 Å². The van der Waals surface area contributed by atoms with Gasteiger partial charge in [0.2, 0.25) is 0 Å². The number of halogens is 1. The second kappa shape index (κ2) is 7.16. The first kappa shape index (κ1) is 16.6. The smallest absolute Gasteiger partial charge is 0.138 e. The van der Waals surface area contributed by atoms with Gasteiger partial charge in [-0.05, 0) is 42.8 Å². The second-order valence-corrected chi connectivity index (χ2v) is 7.43. The maximum absolute atomic E-state index is 6.03. The predicted octanol–water partition coefficient (Wildman–Crippen LogP) is 5.08. The van der Waals surface area contributed by atoms with E-state index in [-0.39, 0.29) is 6.23 Å². The number of ether oxygens (including phenoxy) is 1. The molecule has 0 aliphatic carbocycles. The topological polar surface area (TPSA) is 17.4 Å². The van der Waals surface area contributed by atoms with Crippen LogP contribution in [0.1, 0.15) is 22.9 Å². The Labute approximate surface area is 157 Å². The number of hydrogen-bond acceptors (Lipinski definition) is 2. The molecule has 0 amide bonds. The molecule has 0 bridgehead atoms. The molecule has 2 aromatic carbocycles. The molecule has 0 unspecified atom stereocenters. The van der Waals surface area contributed by atoms with E-state index in [2.05, 4.69) is 99.3 Å². The largest absolute Gasteiger partial charge is 0.357 e. The summed E-state index contributed by atoms with van der Waals surface area (Å²) in [5.41, 5.74) is 4.99. The van der Waals surface area contributed by atoms with Crippen molar-refractivity contribution < 1.29 is 4.74 Å². The second-order valence-electron chi connectivity index (χ2n) is 6.51. The third kappa shape index (κ3) is 3.71. The summed E-state index contributed by atoms with van der Waals surface area (Å²) in [6.07, 6.45) is 4.30. The number of nitrogens with zero attached hydrogens (tertiary/aromatic N) is 2. The van der Waals surface area contributed by atoms with Crippen molar-refractivity contribution in [2.45, 2.75) is 19.7 Å². The summed E-state index contributed by atoms with van der Waals surface area (Å²) in [4.78, 5) is 2.40. The maximum atomic E-state index is 6.03. The number of benzene rings is 2. The molecule has 0 N–H and O–H groups in total. The Bertz CT molecular complexity index is 856. The van der Waals surface area contributed by atoms with Gasteiger partial charge in [0.1, 0.15) is 6.23 Å². The highest BCUT2D eigenvalue weighted by Crippen LogP contribution is 2.29. The highest BCUT2D eigenvalue weighted by atomic mass is 79.9. The summed E-state index contributed by atoms with van der Waals surface area (Å²) in [6.45, 7) is 4.79. The molecule has 25 heavy (non-hydrogen) atoms. The van der Waals surface area contributed by atoms with Gasteiger partial charge in [0.15, 0.2) is 0 Å². The fraction of sp³-hybridized carbons (Fsp3) is 0.238. The van der Waals surface area contributed by atoms with Crippen LogP contribution in [0.5, 0.6) is 0 Å². The Hall–Kier alpha value is -1.88. The molecule has 3 nitrogen and oxygen atoms in total. The minimum atomic E-state index is 0.0252. The standard InChI is InChI=1S/C21H21BrN2O/c1-16-3-2-4-17(13-16)14-24-11-12-25-21(24)18-9-10-23(15-18)20-7-5-19(22)6-8-20/h2-10,13,15,21H,11-12,14H2,1H3/t21-/m1/s1. The van der Waals surface area contributed by atoms with Crippen LogP contribution < -0.4 is 0 Å². The Morgan fingerprint density at radius 1 is 1.12 bits per heavy atom. The average molecular weight is 397 g/mol. The minimum Gasteiger partial charge on any atom is -0.357 e. The molecule has 4 heteroatoms. The Kier molecular flexibility index (Phi) is 4.75. The van der Waals surface area contributed by atoms with Crippen LogP contribution in [0.2, 0.25) is 0 Å². The first-order chi connectivity index (χ1) is 12.2. The van der Waals surface area contributed by atoms with Crippen molar-refractivity contribution in [2.75, 3.05) is 13.2 Å². The van der Waals surface area contributed by atoms with Gasteiger partial charge in [-0.25, -0.2) is 0 Å². The Morgan fingerprint density at radius 3 is 2.76 bits per heavy atom. The van der Waals surface area contributed by atoms with E-state index in [0.717, 1.165) is 29.9 Å². The first-order valence-electron chi connectivity index (χ1n) is 8.54. The van der Waals surface area contributed by atoms with Gasteiger partial charge in [-0.15, -0.1) is 0 Å². The van der Waals surface area contributed by atoms with Gasteiger partial charge in [-0.2, -0.15) is 0 Å². The van der Waals surface area contributed by atoms with Crippen molar-refractivity contribution in [3.8, 4) is 5.69 Å². The van der Waals surface area contributed by atoms with Crippen molar-refractivity contribution in [1.29, 1.82) is 0 Å². The molecule has 1 aromatic heterocycles. The zero-order valence-corrected chi connectivity index (χ0v) is 15.8. The minimum absolute atomic E-state index is 0.0252. The summed E-state index contributed by atoms with van der Waals surface area (Å²) in [5, 5.41) is 0. The molecule has 1 atom stereocenters. The summed E-state index contributed by atoms with van der Waals surface area (Å²) in [7, 11) is 0.